The monoisotopic (exact) mass is 411 g/mol. The number of aromatic nitrogens is 4. The molecule has 0 aliphatic carbocycles. The number of imidazole rings is 1. The second-order valence-electron chi connectivity index (χ2n) is 5.73. The Balaban J connectivity index is 1.79. The van der Waals surface area contributed by atoms with Gasteiger partial charge in [0.15, 0.2) is 0 Å². The third-order valence-electron chi connectivity index (χ3n) is 3.92. The highest BCUT2D eigenvalue weighted by atomic mass is 35.5. The number of hydrogen-bond donors (Lipinski definition) is 0. The van der Waals surface area contributed by atoms with E-state index in [-0.39, 0.29) is 5.02 Å². The number of aryl methyl sites for hydroxylation is 1. The fourth-order valence-corrected chi connectivity index (χ4v) is 3.31. The van der Waals surface area contributed by atoms with E-state index in [4.69, 9.17) is 34.8 Å². The molecule has 0 aliphatic heterocycles. The summed E-state index contributed by atoms with van der Waals surface area (Å²) in [6, 6.07) is 4.82. The van der Waals surface area contributed by atoms with Crippen LogP contribution in [0.25, 0.3) is 5.69 Å². The maximum Gasteiger partial charge on any atom is 0.292 e. The van der Waals surface area contributed by atoms with Gasteiger partial charge in [-0.15, -0.1) is 0 Å². The van der Waals surface area contributed by atoms with E-state index in [2.05, 4.69) is 10.1 Å². The first kappa shape index (κ1) is 18.8. The number of hydrogen-bond acceptors (Lipinski definition) is 4. The zero-order chi connectivity index (χ0) is 18.7. The minimum atomic E-state index is -0.435. The lowest BCUT2D eigenvalue weighted by Gasteiger charge is -2.20. The van der Waals surface area contributed by atoms with E-state index in [1.54, 1.807) is 36.9 Å². The highest BCUT2D eigenvalue weighted by Gasteiger charge is 2.15. The van der Waals surface area contributed by atoms with E-state index in [1.807, 2.05) is 22.7 Å². The van der Waals surface area contributed by atoms with Crippen molar-refractivity contribution < 1.29 is 0 Å². The highest BCUT2D eigenvalue weighted by Crippen LogP contribution is 2.25. The molecule has 0 saturated heterocycles. The lowest BCUT2D eigenvalue weighted by Crippen LogP contribution is -2.27. The van der Waals surface area contributed by atoms with Gasteiger partial charge in [0.25, 0.3) is 5.56 Å². The lowest BCUT2D eigenvalue weighted by molar-refractivity contribution is 0.636. The molecule has 26 heavy (non-hydrogen) atoms. The Hall–Kier alpha value is -2.02. The van der Waals surface area contributed by atoms with Gasteiger partial charge in [0.1, 0.15) is 5.02 Å². The molecule has 0 N–H and O–H groups in total. The molecule has 0 fully saturated rings. The molecule has 0 unspecified atom stereocenters. The Labute approximate surface area is 165 Å². The van der Waals surface area contributed by atoms with Crippen molar-refractivity contribution >= 4 is 40.5 Å². The molecular weight excluding hydrogens is 397 g/mol. The van der Waals surface area contributed by atoms with Crippen LogP contribution in [0.4, 0.5) is 5.69 Å². The molecule has 0 saturated carbocycles. The fraction of sp³-hybridized carbons (Fsp3) is 0.235. The molecular formula is C17H16Cl3N5O. The first-order valence-corrected chi connectivity index (χ1v) is 9.01. The maximum atomic E-state index is 12.6. The SMILES string of the molecule is CN(CCCn1ccnc1)c1cnn(-c2ccc(Cl)cc2Cl)c(=O)c1Cl. The number of rotatable bonds is 6. The molecule has 0 radical (unpaired) electrons. The van der Waals surface area contributed by atoms with Crippen molar-refractivity contribution in [3.63, 3.8) is 0 Å². The minimum Gasteiger partial charge on any atom is -0.372 e. The van der Waals surface area contributed by atoms with E-state index >= 15 is 0 Å². The first-order chi connectivity index (χ1) is 12.5. The number of benzene rings is 1. The summed E-state index contributed by atoms with van der Waals surface area (Å²) in [4.78, 5) is 18.5. The van der Waals surface area contributed by atoms with Crippen LogP contribution in [-0.4, -0.2) is 32.9 Å². The quantitative estimate of drug-likeness (QED) is 0.616. The summed E-state index contributed by atoms with van der Waals surface area (Å²) in [5, 5.41) is 5.11. The Morgan fingerprint density at radius 3 is 2.73 bits per heavy atom. The second-order valence-corrected chi connectivity index (χ2v) is 6.95. The van der Waals surface area contributed by atoms with Crippen LogP contribution >= 0.6 is 34.8 Å². The molecule has 1 aromatic carbocycles. The number of halogens is 3. The molecule has 0 spiro atoms. The van der Waals surface area contributed by atoms with Crippen molar-refractivity contribution in [2.45, 2.75) is 13.0 Å². The van der Waals surface area contributed by atoms with Gasteiger partial charge in [0.2, 0.25) is 0 Å². The number of nitrogens with zero attached hydrogens (tertiary/aromatic N) is 5. The Morgan fingerprint density at radius 1 is 1.23 bits per heavy atom. The molecule has 0 amide bonds. The van der Waals surface area contributed by atoms with Crippen molar-refractivity contribution in [1.29, 1.82) is 0 Å². The third-order valence-corrected chi connectivity index (χ3v) is 4.81. The van der Waals surface area contributed by atoms with Crippen LogP contribution in [0.3, 0.4) is 0 Å². The summed E-state index contributed by atoms with van der Waals surface area (Å²) in [5.74, 6) is 0. The van der Waals surface area contributed by atoms with Crippen LogP contribution in [-0.2, 0) is 6.54 Å². The molecule has 3 rings (SSSR count). The zero-order valence-electron chi connectivity index (χ0n) is 13.9. The number of anilines is 1. The van der Waals surface area contributed by atoms with Crippen molar-refractivity contribution in [1.82, 2.24) is 19.3 Å². The molecule has 136 valence electrons. The molecule has 2 aromatic heterocycles. The van der Waals surface area contributed by atoms with Gasteiger partial charge in [-0.25, -0.2) is 4.98 Å². The van der Waals surface area contributed by atoms with Crippen molar-refractivity contribution in [3.8, 4) is 5.69 Å². The molecule has 9 heteroatoms. The van der Waals surface area contributed by atoms with Crippen molar-refractivity contribution in [2.75, 3.05) is 18.5 Å². The summed E-state index contributed by atoms with van der Waals surface area (Å²) in [5.41, 5.74) is 0.566. The topological polar surface area (TPSA) is 56.0 Å². The van der Waals surface area contributed by atoms with Gasteiger partial charge < -0.3 is 9.47 Å². The van der Waals surface area contributed by atoms with E-state index in [1.165, 1.54) is 4.68 Å². The Bertz CT molecular complexity index is 956. The first-order valence-electron chi connectivity index (χ1n) is 7.87. The van der Waals surface area contributed by atoms with Crippen molar-refractivity contribution in [3.05, 3.63) is 68.5 Å². The van der Waals surface area contributed by atoms with Crippen LogP contribution < -0.4 is 10.5 Å². The summed E-state index contributed by atoms with van der Waals surface area (Å²) in [6.07, 6.45) is 7.85. The van der Waals surface area contributed by atoms with Crippen LogP contribution in [0.2, 0.25) is 15.1 Å². The molecule has 0 atom stereocenters. The lowest BCUT2D eigenvalue weighted by atomic mass is 10.3. The van der Waals surface area contributed by atoms with Gasteiger partial charge >= 0.3 is 0 Å². The Kier molecular flexibility index (Phi) is 5.86. The van der Waals surface area contributed by atoms with Gasteiger partial charge in [-0.05, 0) is 24.6 Å². The predicted octanol–water partition coefficient (Wildman–Crippen LogP) is 3.92. The largest absolute Gasteiger partial charge is 0.372 e. The van der Waals surface area contributed by atoms with Gasteiger partial charge in [0, 0.05) is 37.6 Å². The van der Waals surface area contributed by atoms with Gasteiger partial charge in [-0.3, -0.25) is 4.79 Å². The van der Waals surface area contributed by atoms with E-state index < -0.39 is 5.56 Å². The molecule has 2 heterocycles. The Morgan fingerprint density at radius 2 is 2.04 bits per heavy atom. The minimum absolute atomic E-state index is 0.0937. The van der Waals surface area contributed by atoms with Crippen LogP contribution in [0, 0.1) is 0 Å². The highest BCUT2D eigenvalue weighted by molar-refractivity contribution is 6.36. The maximum absolute atomic E-state index is 12.6. The summed E-state index contributed by atoms with van der Waals surface area (Å²) < 4.78 is 3.16. The molecule has 0 bridgehead atoms. The third kappa shape index (κ3) is 4.03. The normalized spacial score (nSPS) is 10.9. The van der Waals surface area contributed by atoms with Crippen LogP contribution in [0.5, 0.6) is 0 Å². The second kappa shape index (κ2) is 8.12. The smallest absolute Gasteiger partial charge is 0.292 e. The molecule has 3 aromatic rings. The van der Waals surface area contributed by atoms with E-state index in [0.717, 1.165) is 13.0 Å². The average Bonchev–Trinajstić information content (AvgIpc) is 3.11. The van der Waals surface area contributed by atoms with Crippen LogP contribution in [0.1, 0.15) is 6.42 Å². The predicted molar refractivity (Wildman–Crippen MR) is 105 cm³/mol. The average molecular weight is 413 g/mol. The van der Waals surface area contributed by atoms with Gasteiger partial charge in [-0.1, -0.05) is 34.8 Å². The fourth-order valence-electron chi connectivity index (χ4n) is 2.54. The van der Waals surface area contributed by atoms with Crippen molar-refractivity contribution in [2.24, 2.45) is 0 Å². The summed E-state index contributed by atoms with van der Waals surface area (Å²) >= 11 is 18.4. The zero-order valence-corrected chi connectivity index (χ0v) is 16.2. The van der Waals surface area contributed by atoms with Gasteiger partial charge in [0.05, 0.1) is 28.9 Å². The van der Waals surface area contributed by atoms with Gasteiger partial charge in [-0.2, -0.15) is 9.78 Å². The van der Waals surface area contributed by atoms with E-state index in [0.29, 0.717) is 28.0 Å². The summed E-state index contributed by atoms with van der Waals surface area (Å²) in [6.45, 7) is 1.54. The van der Waals surface area contributed by atoms with Crippen LogP contribution in [0.15, 0.2) is 47.9 Å². The molecule has 6 nitrogen and oxygen atoms in total. The van der Waals surface area contributed by atoms with E-state index in [9.17, 15) is 4.79 Å². The summed E-state index contributed by atoms with van der Waals surface area (Å²) in [7, 11) is 1.87. The molecule has 0 aliphatic rings. The standard InChI is InChI=1S/C17H16Cl3N5O/c1-23(6-2-7-24-8-5-21-11-24)15-10-22-25(17(26)16(15)20)14-4-3-12(18)9-13(14)19/h3-5,8-11H,2,6-7H2,1H3.